The van der Waals surface area contributed by atoms with E-state index in [1.807, 2.05) is 12.1 Å². The van der Waals surface area contributed by atoms with Gasteiger partial charge in [-0.2, -0.15) is 11.8 Å². The number of thioether (sulfide) groups is 1. The fourth-order valence-corrected chi connectivity index (χ4v) is 3.31. The third-order valence-electron chi connectivity index (χ3n) is 2.70. The van der Waals surface area contributed by atoms with Gasteiger partial charge in [-0.25, -0.2) is 0 Å². The van der Waals surface area contributed by atoms with Crippen LogP contribution in [0.25, 0.3) is 0 Å². The molecule has 4 heteroatoms. The Morgan fingerprint density at radius 3 is 3.13 bits per heavy atom. The first-order valence-corrected chi connectivity index (χ1v) is 7.20. The summed E-state index contributed by atoms with van der Waals surface area (Å²) in [7, 11) is 0. The van der Waals surface area contributed by atoms with E-state index < -0.39 is 0 Å². The molecule has 2 nitrogen and oxygen atoms in total. The van der Waals surface area contributed by atoms with E-state index >= 15 is 0 Å². The lowest BCUT2D eigenvalue weighted by Crippen LogP contribution is -2.25. The lowest BCUT2D eigenvalue weighted by Gasteiger charge is -2.14. The quantitative estimate of drug-likeness (QED) is 0.917. The van der Waals surface area contributed by atoms with E-state index in [1.54, 1.807) is 0 Å². The predicted molar refractivity (Wildman–Crippen MR) is 68.3 cm³/mol. The van der Waals surface area contributed by atoms with Gasteiger partial charge < -0.3 is 9.73 Å². The van der Waals surface area contributed by atoms with Crippen LogP contribution in [-0.2, 0) is 0 Å². The summed E-state index contributed by atoms with van der Waals surface area (Å²) in [6.45, 7) is 3.23. The van der Waals surface area contributed by atoms with Crippen molar-refractivity contribution in [1.82, 2.24) is 5.32 Å². The van der Waals surface area contributed by atoms with Crippen molar-refractivity contribution < 1.29 is 4.42 Å². The maximum atomic E-state index is 5.51. The van der Waals surface area contributed by atoms with Gasteiger partial charge in [0.1, 0.15) is 5.76 Å². The van der Waals surface area contributed by atoms with Gasteiger partial charge in [0.05, 0.1) is 6.04 Å². The molecule has 2 heterocycles. The zero-order valence-corrected chi connectivity index (χ0v) is 11.2. The summed E-state index contributed by atoms with van der Waals surface area (Å²) in [6, 6.07) is 4.26. The maximum Gasteiger partial charge on any atom is 0.169 e. The minimum Gasteiger partial charge on any atom is -0.453 e. The number of rotatable bonds is 4. The van der Waals surface area contributed by atoms with Crippen LogP contribution in [0.2, 0.25) is 0 Å². The van der Waals surface area contributed by atoms with E-state index in [2.05, 4.69) is 39.9 Å². The molecule has 2 unspecified atom stereocenters. The zero-order valence-electron chi connectivity index (χ0n) is 8.83. The van der Waals surface area contributed by atoms with Crippen molar-refractivity contribution >= 4 is 27.7 Å². The molecule has 1 N–H and O–H groups in total. The fraction of sp³-hybridized carbons (Fsp3) is 0.636. The van der Waals surface area contributed by atoms with Crippen LogP contribution in [0, 0.1) is 0 Å². The Morgan fingerprint density at radius 1 is 1.67 bits per heavy atom. The first-order chi connectivity index (χ1) is 7.25. The van der Waals surface area contributed by atoms with Gasteiger partial charge in [-0.1, -0.05) is 0 Å². The molecule has 2 atom stereocenters. The van der Waals surface area contributed by atoms with E-state index in [-0.39, 0.29) is 0 Å². The fourth-order valence-electron chi connectivity index (χ4n) is 1.78. The molecule has 1 fully saturated rings. The van der Waals surface area contributed by atoms with Crippen molar-refractivity contribution in [2.24, 2.45) is 0 Å². The molecule has 1 aromatic rings. The van der Waals surface area contributed by atoms with Crippen LogP contribution >= 0.6 is 27.7 Å². The molecule has 1 saturated heterocycles. The standard InChI is InChI=1S/C11H16BrNOS/c1-8(10-4-5-11(12)14-10)13-7-9-3-2-6-15-9/h4-5,8-9,13H,2-3,6-7H2,1H3. The summed E-state index contributed by atoms with van der Waals surface area (Å²) < 4.78 is 6.31. The molecule has 0 aliphatic carbocycles. The Balaban J connectivity index is 1.79. The van der Waals surface area contributed by atoms with Crippen LogP contribution in [0.5, 0.6) is 0 Å². The van der Waals surface area contributed by atoms with Crippen LogP contribution in [0.4, 0.5) is 0 Å². The second-order valence-corrected chi connectivity index (χ2v) is 6.10. The van der Waals surface area contributed by atoms with Gasteiger partial charge >= 0.3 is 0 Å². The lowest BCUT2D eigenvalue weighted by atomic mass is 10.2. The third-order valence-corrected chi connectivity index (χ3v) is 4.52. The molecule has 1 aliphatic rings. The van der Waals surface area contributed by atoms with Gasteiger partial charge in [-0.05, 0) is 53.6 Å². The molecule has 0 amide bonds. The summed E-state index contributed by atoms with van der Waals surface area (Å²) in [5.41, 5.74) is 0. The van der Waals surface area contributed by atoms with Gasteiger partial charge in [-0.15, -0.1) is 0 Å². The normalized spacial score (nSPS) is 23.2. The van der Waals surface area contributed by atoms with Crippen LogP contribution in [0.15, 0.2) is 21.2 Å². The maximum absolute atomic E-state index is 5.51. The zero-order chi connectivity index (χ0) is 10.7. The Morgan fingerprint density at radius 2 is 2.53 bits per heavy atom. The van der Waals surface area contributed by atoms with E-state index in [0.717, 1.165) is 22.2 Å². The second-order valence-electron chi connectivity index (χ2n) is 3.91. The van der Waals surface area contributed by atoms with E-state index in [9.17, 15) is 0 Å². The molecule has 0 saturated carbocycles. The van der Waals surface area contributed by atoms with Gasteiger partial charge in [0.25, 0.3) is 0 Å². The highest BCUT2D eigenvalue weighted by Gasteiger charge is 2.17. The number of nitrogens with one attached hydrogen (secondary N) is 1. The van der Waals surface area contributed by atoms with Crippen LogP contribution in [0.1, 0.15) is 31.6 Å². The summed E-state index contributed by atoms with van der Waals surface area (Å²) in [5.74, 6) is 2.33. The molecular formula is C11H16BrNOS. The first kappa shape index (κ1) is 11.6. The highest BCUT2D eigenvalue weighted by Crippen LogP contribution is 2.26. The summed E-state index contributed by atoms with van der Waals surface area (Å²) in [6.07, 6.45) is 2.73. The molecule has 0 radical (unpaired) electrons. The molecule has 1 aromatic heterocycles. The second kappa shape index (κ2) is 5.41. The monoisotopic (exact) mass is 289 g/mol. The number of halogens is 1. The summed E-state index contributed by atoms with van der Waals surface area (Å²) >= 11 is 5.40. The Bertz CT molecular complexity index is 309. The van der Waals surface area contributed by atoms with Crippen molar-refractivity contribution in [3.63, 3.8) is 0 Å². The molecule has 0 aromatic carbocycles. The minimum atomic E-state index is 0.303. The minimum absolute atomic E-state index is 0.303. The number of furan rings is 1. The van der Waals surface area contributed by atoms with Gasteiger partial charge in [-0.3, -0.25) is 0 Å². The third kappa shape index (κ3) is 3.26. The predicted octanol–water partition coefficient (Wildman–Crippen LogP) is 3.59. The number of hydrogen-bond acceptors (Lipinski definition) is 3. The van der Waals surface area contributed by atoms with Crippen LogP contribution < -0.4 is 5.32 Å². The molecule has 0 bridgehead atoms. The SMILES string of the molecule is CC(NCC1CCCS1)c1ccc(Br)o1. The molecular weight excluding hydrogens is 274 g/mol. The Kier molecular flexibility index (Phi) is 4.17. The molecule has 84 valence electrons. The topological polar surface area (TPSA) is 25.2 Å². The highest BCUT2D eigenvalue weighted by atomic mass is 79.9. The van der Waals surface area contributed by atoms with Crippen molar-refractivity contribution in [2.45, 2.75) is 31.1 Å². The van der Waals surface area contributed by atoms with Crippen molar-refractivity contribution in [1.29, 1.82) is 0 Å². The average Bonchev–Trinajstić information content (AvgIpc) is 2.84. The van der Waals surface area contributed by atoms with Gasteiger partial charge in [0.15, 0.2) is 4.67 Å². The first-order valence-electron chi connectivity index (χ1n) is 5.36. The molecule has 2 rings (SSSR count). The van der Waals surface area contributed by atoms with E-state index in [4.69, 9.17) is 4.42 Å². The molecule has 1 aliphatic heterocycles. The van der Waals surface area contributed by atoms with Gasteiger partial charge in [0, 0.05) is 11.8 Å². The van der Waals surface area contributed by atoms with Crippen molar-refractivity contribution in [3.8, 4) is 0 Å². The highest BCUT2D eigenvalue weighted by molar-refractivity contribution is 9.10. The van der Waals surface area contributed by atoms with Crippen LogP contribution in [-0.4, -0.2) is 17.5 Å². The van der Waals surface area contributed by atoms with E-state index in [0.29, 0.717) is 6.04 Å². The smallest absolute Gasteiger partial charge is 0.169 e. The van der Waals surface area contributed by atoms with Crippen LogP contribution in [0.3, 0.4) is 0 Å². The average molecular weight is 290 g/mol. The summed E-state index contributed by atoms with van der Waals surface area (Å²) in [5, 5.41) is 4.32. The molecule has 15 heavy (non-hydrogen) atoms. The number of hydrogen-bond donors (Lipinski definition) is 1. The lowest BCUT2D eigenvalue weighted by molar-refractivity contribution is 0.418. The van der Waals surface area contributed by atoms with Gasteiger partial charge in [0.2, 0.25) is 0 Å². The van der Waals surface area contributed by atoms with Crippen molar-refractivity contribution in [3.05, 3.63) is 22.6 Å². The summed E-state index contributed by atoms with van der Waals surface area (Å²) in [4.78, 5) is 0. The largest absolute Gasteiger partial charge is 0.453 e. The Labute approximate surface area is 103 Å². The molecule has 0 spiro atoms. The van der Waals surface area contributed by atoms with Crippen molar-refractivity contribution in [2.75, 3.05) is 12.3 Å². The van der Waals surface area contributed by atoms with E-state index in [1.165, 1.54) is 18.6 Å². The Hall–Kier alpha value is 0.0700.